The van der Waals surface area contributed by atoms with Crippen molar-refractivity contribution >= 4 is 21.5 Å². The molecule has 1 heteroatoms. The minimum Gasteiger partial charge on any atom is -0.168 e. The summed E-state index contributed by atoms with van der Waals surface area (Å²) in [5.74, 6) is 0. The predicted octanol–water partition coefficient (Wildman–Crippen LogP) is 5.73. The summed E-state index contributed by atoms with van der Waals surface area (Å²) in [7, 11) is 0. The zero-order valence-corrected chi connectivity index (χ0v) is 14.9. The Bertz CT molecular complexity index is 761. The van der Waals surface area contributed by atoms with Crippen LogP contribution >= 0.6 is 0 Å². The van der Waals surface area contributed by atoms with Crippen molar-refractivity contribution in [2.75, 3.05) is 0 Å². The molecule has 4 aromatic rings. The van der Waals surface area contributed by atoms with Crippen LogP contribution in [0.15, 0.2) is 72.8 Å². The largest absolute Gasteiger partial charge is 2.00 e. The summed E-state index contributed by atoms with van der Waals surface area (Å²) in [6, 6.07) is 25.5. The molecule has 0 radical (unpaired) electrons. The smallest absolute Gasteiger partial charge is 0.168 e. The first-order valence-electron chi connectivity index (χ1n) is 6.98. The summed E-state index contributed by atoms with van der Waals surface area (Å²) in [6.45, 7) is 4.28. The van der Waals surface area contributed by atoms with Gasteiger partial charge in [0.25, 0.3) is 0 Å². The second kappa shape index (κ2) is 7.00. The molecule has 0 aromatic heterocycles. The van der Waals surface area contributed by atoms with Gasteiger partial charge in [-0.25, -0.2) is 0 Å². The van der Waals surface area contributed by atoms with Gasteiger partial charge in [0.2, 0.25) is 0 Å². The molecule has 0 aliphatic rings. The molecule has 0 aliphatic heterocycles. The number of hydrogen-bond acceptors (Lipinski definition) is 0. The Labute approximate surface area is 145 Å². The molecule has 0 heterocycles. The average Bonchev–Trinajstić information content (AvgIpc) is 3.08. The molecule has 0 bridgehead atoms. The van der Waals surface area contributed by atoms with E-state index in [1.54, 1.807) is 0 Å². The molecule has 21 heavy (non-hydrogen) atoms. The zero-order valence-electron chi connectivity index (χ0n) is 12.4. The van der Waals surface area contributed by atoms with Gasteiger partial charge >= 0.3 is 26.2 Å². The van der Waals surface area contributed by atoms with E-state index in [-0.39, 0.29) is 26.2 Å². The normalized spacial score (nSPS) is 10.0. The van der Waals surface area contributed by atoms with Gasteiger partial charge in [-0.3, -0.25) is 0 Å². The second-order valence-corrected chi connectivity index (χ2v) is 5.21. The van der Waals surface area contributed by atoms with Gasteiger partial charge in [-0.1, -0.05) is 26.0 Å². The third-order valence-electron chi connectivity index (χ3n) is 3.79. The van der Waals surface area contributed by atoms with Crippen molar-refractivity contribution in [1.29, 1.82) is 0 Å². The molecule has 0 fully saturated rings. The number of benzene rings is 2. The summed E-state index contributed by atoms with van der Waals surface area (Å²) < 4.78 is 0. The Morgan fingerprint density at radius 3 is 1.43 bits per heavy atom. The molecule has 0 spiro atoms. The summed E-state index contributed by atoms with van der Waals surface area (Å²) in [5, 5.41) is 5.45. The molecule has 4 aromatic carbocycles. The van der Waals surface area contributed by atoms with Crippen LogP contribution < -0.4 is 0 Å². The van der Waals surface area contributed by atoms with E-state index in [2.05, 4.69) is 86.6 Å². The fourth-order valence-electron chi connectivity index (χ4n) is 2.65. The van der Waals surface area contributed by atoms with Gasteiger partial charge in [0.1, 0.15) is 0 Å². The SMILES string of the molecule is Cc1cccc2cc[cH-]c12.Cc1cccc2cc[cH-]c12.[Zr+2]. The van der Waals surface area contributed by atoms with Crippen LogP contribution in [-0.4, -0.2) is 0 Å². The predicted molar refractivity (Wildman–Crippen MR) is 88.6 cm³/mol. The van der Waals surface area contributed by atoms with Gasteiger partial charge in [0.05, 0.1) is 0 Å². The van der Waals surface area contributed by atoms with Gasteiger partial charge < -0.3 is 0 Å². The molecule has 0 aliphatic carbocycles. The van der Waals surface area contributed by atoms with Crippen molar-refractivity contribution in [3.63, 3.8) is 0 Å². The van der Waals surface area contributed by atoms with Crippen molar-refractivity contribution in [3.8, 4) is 0 Å². The summed E-state index contributed by atoms with van der Waals surface area (Å²) in [5.41, 5.74) is 2.73. The Balaban J connectivity index is 0.000000147. The molecular formula is C20H18Zr. The summed E-state index contributed by atoms with van der Waals surface area (Å²) in [6.07, 6.45) is 0. The first-order chi connectivity index (χ1) is 9.75. The van der Waals surface area contributed by atoms with Crippen LogP contribution in [0.5, 0.6) is 0 Å². The van der Waals surface area contributed by atoms with E-state index < -0.39 is 0 Å². The third kappa shape index (κ3) is 3.42. The van der Waals surface area contributed by atoms with Crippen LogP contribution in [0.4, 0.5) is 0 Å². The molecular weight excluding hydrogens is 331 g/mol. The first-order valence-corrected chi connectivity index (χ1v) is 6.98. The topological polar surface area (TPSA) is 0 Å². The third-order valence-corrected chi connectivity index (χ3v) is 3.79. The zero-order chi connectivity index (χ0) is 13.9. The van der Waals surface area contributed by atoms with E-state index in [1.807, 2.05) is 0 Å². The molecule has 102 valence electrons. The monoisotopic (exact) mass is 348 g/mol. The van der Waals surface area contributed by atoms with Gasteiger partial charge in [-0.05, 0) is 0 Å². The molecule has 0 nitrogen and oxygen atoms in total. The number of fused-ring (bicyclic) bond motifs is 2. The Kier molecular flexibility index (Phi) is 5.31. The van der Waals surface area contributed by atoms with Gasteiger partial charge in [0, 0.05) is 0 Å². The van der Waals surface area contributed by atoms with Crippen molar-refractivity contribution in [3.05, 3.63) is 83.9 Å². The summed E-state index contributed by atoms with van der Waals surface area (Å²) >= 11 is 0. The number of rotatable bonds is 0. The van der Waals surface area contributed by atoms with Crippen LogP contribution in [0.2, 0.25) is 0 Å². The minimum absolute atomic E-state index is 0. The summed E-state index contributed by atoms with van der Waals surface area (Å²) in [4.78, 5) is 0. The van der Waals surface area contributed by atoms with Crippen LogP contribution in [0.1, 0.15) is 11.1 Å². The van der Waals surface area contributed by atoms with Crippen molar-refractivity contribution < 1.29 is 26.2 Å². The number of aryl methyl sites for hydroxylation is 2. The van der Waals surface area contributed by atoms with E-state index >= 15 is 0 Å². The van der Waals surface area contributed by atoms with E-state index in [0.717, 1.165) is 0 Å². The van der Waals surface area contributed by atoms with Gasteiger partial charge in [-0.15, -0.1) is 69.1 Å². The Morgan fingerprint density at radius 2 is 1.05 bits per heavy atom. The first kappa shape index (κ1) is 15.9. The average molecular weight is 350 g/mol. The van der Waals surface area contributed by atoms with E-state index in [1.165, 1.54) is 32.7 Å². The second-order valence-electron chi connectivity index (χ2n) is 5.21. The van der Waals surface area contributed by atoms with Crippen LogP contribution in [-0.2, 0) is 26.2 Å². The van der Waals surface area contributed by atoms with Crippen molar-refractivity contribution in [1.82, 2.24) is 0 Å². The van der Waals surface area contributed by atoms with E-state index in [9.17, 15) is 0 Å². The Hall–Kier alpha value is -1.46. The molecule has 0 saturated heterocycles. The van der Waals surface area contributed by atoms with E-state index in [0.29, 0.717) is 0 Å². The van der Waals surface area contributed by atoms with Gasteiger partial charge in [0.15, 0.2) is 0 Å². The molecule has 0 N–H and O–H groups in total. The Morgan fingerprint density at radius 1 is 0.619 bits per heavy atom. The maximum Gasteiger partial charge on any atom is 2.00 e. The fourth-order valence-corrected chi connectivity index (χ4v) is 2.65. The minimum atomic E-state index is 0. The van der Waals surface area contributed by atoms with Crippen LogP contribution in [0, 0.1) is 13.8 Å². The van der Waals surface area contributed by atoms with Crippen molar-refractivity contribution in [2.45, 2.75) is 13.8 Å². The molecule has 0 saturated carbocycles. The number of hydrogen-bond donors (Lipinski definition) is 0. The molecule has 0 amide bonds. The molecule has 4 rings (SSSR count). The maximum absolute atomic E-state index is 2.16. The standard InChI is InChI=1S/2C10H9.Zr/c2*1-8-4-2-5-9-6-3-7-10(8)9;/h2*2-7H,1H3;/q2*-1;+2. The van der Waals surface area contributed by atoms with Crippen molar-refractivity contribution in [2.24, 2.45) is 0 Å². The molecule has 0 unspecified atom stereocenters. The van der Waals surface area contributed by atoms with Crippen LogP contribution in [0.3, 0.4) is 0 Å². The molecule has 0 atom stereocenters. The fraction of sp³-hybridized carbons (Fsp3) is 0.100. The van der Waals surface area contributed by atoms with E-state index in [4.69, 9.17) is 0 Å². The quantitative estimate of drug-likeness (QED) is 0.356. The maximum atomic E-state index is 2.16. The van der Waals surface area contributed by atoms with Crippen LogP contribution in [0.25, 0.3) is 21.5 Å². The van der Waals surface area contributed by atoms with Gasteiger partial charge in [-0.2, -0.15) is 24.3 Å².